The molecule has 0 unspecified atom stereocenters. The first-order valence-corrected chi connectivity index (χ1v) is 13.5. The van der Waals surface area contributed by atoms with Gasteiger partial charge in [-0.3, -0.25) is 9.78 Å². The molecule has 1 spiro atoms. The number of hydrogen-bond acceptors (Lipinski definition) is 8. The van der Waals surface area contributed by atoms with Crippen molar-refractivity contribution in [1.29, 1.82) is 0 Å². The largest absolute Gasteiger partial charge is 0.370 e. The minimum absolute atomic E-state index is 0.0726. The fourth-order valence-corrected chi connectivity index (χ4v) is 6.72. The molecule has 1 aromatic carbocycles. The Hall–Kier alpha value is -2.05. The Kier molecular flexibility index (Phi) is 6.76. The van der Waals surface area contributed by atoms with E-state index >= 15 is 0 Å². The number of anilines is 1. The molecule has 11 heteroatoms. The second-order valence-corrected chi connectivity index (χ2v) is 11.0. The maximum atomic E-state index is 14.7. The average Bonchev–Trinajstić information content (AvgIpc) is 3.57. The number of piperidine rings is 1. The summed E-state index contributed by atoms with van der Waals surface area (Å²) in [6.45, 7) is 7.20. The van der Waals surface area contributed by atoms with Crippen LogP contribution >= 0.6 is 12.1 Å². The van der Waals surface area contributed by atoms with E-state index in [0.29, 0.717) is 68.9 Å². The predicted molar refractivity (Wildman–Crippen MR) is 134 cm³/mol. The normalized spacial score (nSPS) is 23.3. The molecule has 6 rings (SSSR count). The lowest BCUT2D eigenvalue weighted by Gasteiger charge is -2.40. The van der Waals surface area contributed by atoms with E-state index in [2.05, 4.69) is 13.6 Å². The predicted octanol–water partition coefficient (Wildman–Crippen LogP) is 3.27. The Bertz CT molecular complexity index is 1120. The summed E-state index contributed by atoms with van der Waals surface area (Å²) in [5, 5.41) is 0.325. The standard InChI is InChI=1S/C25H31F2N5O3S/c26-18-15-19-22(21(27)16-18)28-17-20(23(19)29-7-3-25(4-8-29)34-13-14-35-25)24(33)30-9-11-32(12-10-30)36-31-5-1-2-6-31/h15-17H,1-14H2. The number of pyridine rings is 1. The Balaban J connectivity index is 1.26. The van der Waals surface area contributed by atoms with E-state index in [1.807, 2.05) is 9.80 Å². The third kappa shape index (κ3) is 4.67. The lowest BCUT2D eigenvalue weighted by atomic mass is 9.99. The molecule has 5 heterocycles. The van der Waals surface area contributed by atoms with Gasteiger partial charge in [0.15, 0.2) is 11.6 Å². The number of aromatic nitrogens is 1. The fourth-order valence-electron chi connectivity index (χ4n) is 5.64. The molecule has 0 radical (unpaired) electrons. The van der Waals surface area contributed by atoms with Crippen molar-refractivity contribution in [2.75, 3.05) is 70.5 Å². The maximum Gasteiger partial charge on any atom is 0.257 e. The van der Waals surface area contributed by atoms with Crippen LogP contribution in [0.25, 0.3) is 10.9 Å². The molecule has 4 aliphatic heterocycles. The minimum atomic E-state index is -0.728. The fraction of sp³-hybridized carbons (Fsp3) is 0.600. The molecule has 0 N–H and O–H groups in total. The van der Waals surface area contributed by atoms with Crippen LogP contribution in [0.3, 0.4) is 0 Å². The van der Waals surface area contributed by atoms with Gasteiger partial charge < -0.3 is 19.3 Å². The van der Waals surface area contributed by atoms with E-state index < -0.39 is 17.4 Å². The number of halogens is 2. The molecule has 4 saturated heterocycles. The highest BCUT2D eigenvalue weighted by Gasteiger charge is 2.41. The number of carbonyl (C=O) groups is 1. The molecule has 1 aromatic heterocycles. The molecule has 8 nitrogen and oxygen atoms in total. The van der Waals surface area contributed by atoms with Crippen LogP contribution in [0.2, 0.25) is 0 Å². The molecule has 194 valence electrons. The summed E-state index contributed by atoms with van der Waals surface area (Å²) in [4.78, 5) is 21.9. The highest BCUT2D eigenvalue weighted by Crippen LogP contribution is 2.38. The first kappa shape index (κ1) is 24.3. The van der Waals surface area contributed by atoms with Gasteiger partial charge in [0.25, 0.3) is 5.91 Å². The van der Waals surface area contributed by atoms with Crippen molar-refractivity contribution in [1.82, 2.24) is 18.5 Å². The Morgan fingerprint density at radius 1 is 0.917 bits per heavy atom. The number of fused-ring (bicyclic) bond motifs is 1. The van der Waals surface area contributed by atoms with Gasteiger partial charge in [0, 0.05) is 95.0 Å². The van der Waals surface area contributed by atoms with E-state index in [1.165, 1.54) is 25.1 Å². The van der Waals surface area contributed by atoms with E-state index in [-0.39, 0.29) is 11.4 Å². The molecule has 0 bridgehead atoms. The first-order chi connectivity index (χ1) is 17.5. The zero-order valence-corrected chi connectivity index (χ0v) is 21.1. The number of carbonyl (C=O) groups excluding carboxylic acids is 1. The van der Waals surface area contributed by atoms with Crippen LogP contribution < -0.4 is 4.90 Å². The molecule has 4 aliphatic rings. The van der Waals surface area contributed by atoms with Crippen molar-refractivity contribution in [2.24, 2.45) is 0 Å². The van der Waals surface area contributed by atoms with Gasteiger partial charge >= 0.3 is 0 Å². The number of nitrogens with zero attached hydrogens (tertiary/aromatic N) is 5. The Morgan fingerprint density at radius 3 is 2.28 bits per heavy atom. The molecular formula is C25H31F2N5O3S. The summed E-state index contributed by atoms with van der Waals surface area (Å²) >= 11 is 1.78. The summed E-state index contributed by atoms with van der Waals surface area (Å²) in [6.07, 6.45) is 5.17. The number of benzene rings is 1. The van der Waals surface area contributed by atoms with Crippen LogP contribution in [0.5, 0.6) is 0 Å². The van der Waals surface area contributed by atoms with Gasteiger partial charge in [-0.1, -0.05) is 0 Å². The van der Waals surface area contributed by atoms with Crippen LogP contribution in [0.15, 0.2) is 18.3 Å². The lowest BCUT2D eigenvalue weighted by Crippen LogP contribution is -2.48. The number of ether oxygens (including phenoxy) is 2. The van der Waals surface area contributed by atoms with Crippen molar-refractivity contribution < 1.29 is 23.0 Å². The van der Waals surface area contributed by atoms with Crippen molar-refractivity contribution in [2.45, 2.75) is 31.5 Å². The Labute approximate surface area is 213 Å². The quantitative estimate of drug-likeness (QED) is 0.571. The number of amides is 1. The monoisotopic (exact) mass is 519 g/mol. The van der Waals surface area contributed by atoms with E-state index in [4.69, 9.17) is 9.47 Å². The van der Waals surface area contributed by atoms with E-state index in [1.54, 1.807) is 12.1 Å². The third-order valence-corrected chi connectivity index (χ3v) is 8.76. The summed E-state index contributed by atoms with van der Waals surface area (Å²) < 4.78 is 45.4. The Morgan fingerprint density at radius 2 is 1.58 bits per heavy atom. The molecule has 36 heavy (non-hydrogen) atoms. The van der Waals surface area contributed by atoms with Gasteiger partial charge in [0.1, 0.15) is 11.3 Å². The van der Waals surface area contributed by atoms with Crippen molar-refractivity contribution >= 4 is 34.6 Å². The summed E-state index contributed by atoms with van der Waals surface area (Å²) in [7, 11) is 0. The molecule has 1 amide bonds. The van der Waals surface area contributed by atoms with Gasteiger partial charge in [-0.05, 0) is 18.9 Å². The van der Waals surface area contributed by atoms with Crippen LogP contribution in [-0.4, -0.2) is 95.8 Å². The van der Waals surface area contributed by atoms with Gasteiger partial charge in [-0.15, -0.1) is 0 Å². The second kappa shape index (κ2) is 10.0. The van der Waals surface area contributed by atoms with Crippen LogP contribution in [0.1, 0.15) is 36.0 Å². The highest BCUT2D eigenvalue weighted by atomic mass is 32.2. The van der Waals surface area contributed by atoms with Gasteiger partial charge in [-0.2, -0.15) is 0 Å². The molecule has 0 aliphatic carbocycles. The lowest BCUT2D eigenvalue weighted by molar-refractivity contribution is -0.169. The van der Waals surface area contributed by atoms with Crippen LogP contribution in [-0.2, 0) is 9.47 Å². The van der Waals surface area contributed by atoms with Crippen molar-refractivity contribution in [3.63, 3.8) is 0 Å². The smallest absolute Gasteiger partial charge is 0.257 e. The average molecular weight is 520 g/mol. The first-order valence-electron chi connectivity index (χ1n) is 12.8. The second-order valence-electron chi connectivity index (χ2n) is 9.84. The zero-order valence-electron chi connectivity index (χ0n) is 20.3. The SMILES string of the molecule is O=C(c1cnc2c(F)cc(F)cc2c1N1CCC2(CC1)OCCO2)N1CCN(SN2CCCC2)CC1. The van der Waals surface area contributed by atoms with Gasteiger partial charge in [0.05, 0.1) is 24.5 Å². The summed E-state index contributed by atoms with van der Waals surface area (Å²) in [5.41, 5.74) is 1.01. The molecular weight excluding hydrogens is 488 g/mol. The molecule has 0 atom stereocenters. The molecule has 2 aromatic rings. The summed E-state index contributed by atoms with van der Waals surface area (Å²) in [5.74, 6) is -2.16. The van der Waals surface area contributed by atoms with E-state index in [0.717, 1.165) is 32.2 Å². The van der Waals surface area contributed by atoms with Crippen molar-refractivity contribution in [3.8, 4) is 0 Å². The molecule has 4 fully saturated rings. The van der Waals surface area contributed by atoms with E-state index in [9.17, 15) is 13.6 Å². The summed E-state index contributed by atoms with van der Waals surface area (Å²) in [6, 6.07) is 2.12. The van der Waals surface area contributed by atoms with Crippen molar-refractivity contribution in [3.05, 3.63) is 35.5 Å². The number of hydrogen-bond donors (Lipinski definition) is 0. The molecule has 0 saturated carbocycles. The van der Waals surface area contributed by atoms with Crippen LogP contribution in [0, 0.1) is 11.6 Å². The van der Waals surface area contributed by atoms with Crippen LogP contribution in [0.4, 0.5) is 14.5 Å². The number of piperazine rings is 1. The van der Waals surface area contributed by atoms with Gasteiger partial charge in [-0.25, -0.2) is 17.4 Å². The van der Waals surface area contributed by atoms with Gasteiger partial charge in [0.2, 0.25) is 0 Å². The third-order valence-electron chi connectivity index (χ3n) is 7.57. The zero-order chi connectivity index (χ0) is 24.7. The topological polar surface area (TPSA) is 61.4 Å². The minimum Gasteiger partial charge on any atom is -0.370 e. The maximum absolute atomic E-state index is 14.7. The highest BCUT2D eigenvalue weighted by molar-refractivity contribution is 7.94. The number of rotatable bonds is 4.